The van der Waals surface area contributed by atoms with E-state index in [1.54, 1.807) is 6.92 Å². The van der Waals surface area contributed by atoms with Crippen molar-refractivity contribution in [2.45, 2.75) is 38.1 Å². The van der Waals surface area contributed by atoms with Gasteiger partial charge in [-0.25, -0.2) is 4.39 Å². The smallest absolute Gasteiger partial charge is 1.00 e. The number of anilines is 2. The number of rotatable bonds is 8. The Morgan fingerprint density at radius 2 is 1.37 bits per heavy atom. The van der Waals surface area contributed by atoms with Crippen LogP contribution >= 0.6 is 11.6 Å². The molecule has 0 fully saturated rings. The van der Waals surface area contributed by atoms with Gasteiger partial charge in [0.05, 0.1) is 15.7 Å². The molecule has 0 aliphatic heterocycles. The number of aliphatic hydroxyl groups is 2. The number of nitrogens with one attached hydrogen (secondary N) is 2. The van der Waals surface area contributed by atoms with E-state index in [1.807, 2.05) is 5.32 Å². The summed E-state index contributed by atoms with van der Waals surface area (Å²) in [6.45, 7) is 2.21. The van der Waals surface area contributed by atoms with Crippen LogP contribution in [-0.4, -0.2) is 55.6 Å². The molecule has 2 rings (SSSR count). The summed E-state index contributed by atoms with van der Waals surface area (Å²) in [5.41, 5.74) is -7.01. The van der Waals surface area contributed by atoms with E-state index < -0.39 is 62.7 Å². The van der Waals surface area contributed by atoms with E-state index in [1.165, 1.54) is 25.1 Å². The van der Waals surface area contributed by atoms with Crippen LogP contribution < -0.4 is 66.7 Å². The van der Waals surface area contributed by atoms with Crippen LogP contribution in [0.5, 0.6) is 0 Å². The Labute approximate surface area is 288 Å². The van der Waals surface area contributed by atoms with Crippen molar-refractivity contribution in [3.63, 3.8) is 0 Å². The van der Waals surface area contributed by atoms with Crippen LogP contribution in [0, 0.1) is 32.1 Å². The minimum absolute atomic E-state index is 0. The number of alkyl halides is 5. The molecule has 2 aromatic rings. The number of nitro benzene ring substituents is 2. The summed E-state index contributed by atoms with van der Waals surface area (Å²) in [6.07, 6.45) is -5.01. The van der Waals surface area contributed by atoms with Gasteiger partial charge in [0.15, 0.2) is 11.2 Å². The van der Waals surface area contributed by atoms with Crippen LogP contribution in [0.15, 0.2) is 36.4 Å². The molecule has 0 aliphatic carbocycles. The predicted octanol–water partition coefficient (Wildman–Crippen LogP) is -1.82. The fourth-order valence-corrected chi connectivity index (χ4v) is 2.78. The molecule has 19 heteroatoms. The van der Waals surface area contributed by atoms with E-state index in [-0.39, 0.29) is 73.2 Å². The van der Waals surface area contributed by atoms with Gasteiger partial charge < -0.3 is 25.6 Å². The number of benzene rings is 2. The number of carbonyl (C=O) groups excluding carboxylic acids is 2. The monoisotopic (exact) mass is 662 g/mol. The van der Waals surface area contributed by atoms with Crippen molar-refractivity contribution in [3.05, 3.63) is 67.8 Å². The van der Waals surface area contributed by atoms with Crippen molar-refractivity contribution in [1.82, 2.24) is 0 Å². The van der Waals surface area contributed by atoms with Gasteiger partial charge in [-0.3, -0.25) is 29.8 Å². The zero-order valence-electron chi connectivity index (χ0n) is 22.9. The number of carbonyl (C=O) groups is 2. The van der Waals surface area contributed by atoms with Crippen molar-refractivity contribution < 1.29 is 103 Å². The molecule has 43 heavy (non-hydrogen) atoms. The number of nitrogens with zero attached hydrogens (tertiary/aromatic N) is 2. The Balaban J connectivity index is 0. The molecular weight excluding hydrogens is 640 g/mol. The summed E-state index contributed by atoms with van der Waals surface area (Å²) < 4.78 is 50.5. The number of hydrogen-bond donors (Lipinski definition) is 4. The Kier molecular flexibility index (Phi) is 17.3. The molecule has 4 N–H and O–H groups in total. The van der Waals surface area contributed by atoms with Gasteiger partial charge in [-0.05, 0) is 45.0 Å². The van der Waals surface area contributed by atoms with Gasteiger partial charge in [0.2, 0.25) is 0 Å². The second-order valence-electron chi connectivity index (χ2n) is 8.57. The van der Waals surface area contributed by atoms with E-state index in [4.69, 9.17) is 11.6 Å². The first-order valence-electron chi connectivity index (χ1n) is 11.1. The van der Waals surface area contributed by atoms with Crippen LogP contribution in [0.2, 0.25) is 0 Å². The summed E-state index contributed by atoms with van der Waals surface area (Å²) in [7, 11) is 0. The molecular formula is C24H23ClF5KN4O8. The second kappa shape index (κ2) is 17.5. The molecule has 0 heterocycles. The SMILES string of the molecule is CC#Cc1cc(NC(=O)[C@@](C)(O)CCl)ccc1[N+](=O)[O-].C[C@](O)(C[18F])C(=O)Nc1ccc([N+](=O)[O-])c(C(F)(F)F)c1.[18F-].[K+]. The quantitative estimate of drug-likeness (QED) is 0.0636. The van der Waals surface area contributed by atoms with Crippen LogP contribution in [0.4, 0.5) is 40.3 Å². The van der Waals surface area contributed by atoms with E-state index in [0.29, 0.717) is 17.8 Å². The Morgan fingerprint density at radius 3 is 1.77 bits per heavy atom. The molecule has 0 bridgehead atoms. The van der Waals surface area contributed by atoms with Gasteiger partial charge in [-0.15, -0.1) is 17.5 Å². The topological polar surface area (TPSA) is 185 Å². The average molecular weight is 663 g/mol. The molecule has 2 aromatic carbocycles. The fraction of sp³-hybridized carbons (Fsp3) is 0.333. The Hall–Kier alpha value is -2.76. The maximum atomic E-state index is 12.7. The third kappa shape index (κ3) is 12.4. The van der Waals surface area contributed by atoms with Crippen LogP contribution in [0.3, 0.4) is 0 Å². The van der Waals surface area contributed by atoms with Crippen LogP contribution in [0.1, 0.15) is 31.9 Å². The minimum atomic E-state index is -5.01. The van der Waals surface area contributed by atoms with E-state index in [0.717, 1.165) is 13.0 Å². The van der Waals surface area contributed by atoms with Crippen molar-refractivity contribution in [2.75, 3.05) is 23.2 Å². The number of hydrogen-bond acceptors (Lipinski definition) is 8. The Morgan fingerprint density at radius 1 is 0.930 bits per heavy atom. The first-order chi connectivity index (χ1) is 18.8. The van der Waals surface area contributed by atoms with Crippen LogP contribution in [-0.2, 0) is 15.8 Å². The Bertz CT molecular complexity index is 1400. The predicted molar refractivity (Wildman–Crippen MR) is 139 cm³/mol. The van der Waals surface area contributed by atoms with Crippen molar-refractivity contribution in [2.24, 2.45) is 0 Å². The normalized spacial score (nSPS) is 13.0. The number of amides is 2. The van der Waals surface area contributed by atoms with Gasteiger partial charge in [0.25, 0.3) is 23.2 Å². The third-order valence-corrected chi connectivity index (χ3v) is 5.49. The van der Waals surface area contributed by atoms with Crippen molar-refractivity contribution in [3.8, 4) is 11.8 Å². The van der Waals surface area contributed by atoms with Gasteiger partial charge in [0.1, 0.15) is 17.8 Å². The number of nitro groups is 2. The first kappa shape index (κ1) is 42.4. The zero-order valence-corrected chi connectivity index (χ0v) is 26.8. The van der Waals surface area contributed by atoms with Crippen molar-refractivity contribution in [1.29, 1.82) is 0 Å². The molecule has 0 saturated heterocycles. The molecule has 0 aromatic heterocycles. The molecule has 12 nitrogen and oxygen atoms in total. The maximum absolute atomic E-state index is 12.7. The fourth-order valence-electron chi connectivity index (χ4n) is 2.66. The molecule has 2 atom stereocenters. The van der Waals surface area contributed by atoms with E-state index in [2.05, 4.69) is 17.2 Å². The number of halogens is 6. The maximum Gasteiger partial charge on any atom is 1.00 e. The molecule has 0 aliphatic rings. The van der Waals surface area contributed by atoms with Gasteiger partial charge in [-0.1, -0.05) is 5.92 Å². The minimum Gasteiger partial charge on any atom is -1.00 e. The first-order valence-corrected chi connectivity index (χ1v) is 11.6. The van der Waals surface area contributed by atoms with Crippen LogP contribution in [0.25, 0.3) is 0 Å². The average Bonchev–Trinajstić information content (AvgIpc) is 2.88. The molecule has 230 valence electrons. The van der Waals surface area contributed by atoms with E-state index >= 15 is 0 Å². The van der Waals surface area contributed by atoms with Gasteiger partial charge >= 0.3 is 57.6 Å². The molecule has 2 amide bonds. The second-order valence-corrected chi connectivity index (χ2v) is 8.84. The molecule has 0 radical (unpaired) electrons. The largest absolute Gasteiger partial charge is 1.00 e. The third-order valence-electron chi connectivity index (χ3n) is 4.97. The molecule has 0 spiro atoms. The molecule has 0 unspecified atom stereocenters. The summed E-state index contributed by atoms with van der Waals surface area (Å²) in [4.78, 5) is 42.8. The molecule has 0 saturated carbocycles. The summed E-state index contributed by atoms with van der Waals surface area (Å²) in [6, 6.07) is 5.72. The van der Waals surface area contributed by atoms with E-state index in [9.17, 15) is 57.6 Å². The van der Waals surface area contributed by atoms with Gasteiger partial charge in [-0.2, -0.15) is 13.2 Å². The summed E-state index contributed by atoms with van der Waals surface area (Å²) >= 11 is 5.48. The van der Waals surface area contributed by atoms with Crippen molar-refractivity contribution >= 4 is 46.2 Å². The summed E-state index contributed by atoms with van der Waals surface area (Å²) in [5.74, 6) is 2.92. The zero-order chi connectivity index (χ0) is 31.8. The summed E-state index contributed by atoms with van der Waals surface area (Å²) in [5, 5.41) is 44.7. The van der Waals surface area contributed by atoms with Gasteiger partial charge in [0, 0.05) is 23.5 Å². The standard InChI is InChI=1S/C13H13ClN2O4.C11H10F4N2O4.FH.K/c1-3-4-9-7-10(5-6-11(9)16(19)20)15-12(17)13(2,18)8-14;1-10(19,5-12)9(18)16-6-2-3-8(17(20)21)7(4-6)11(13,14)15;;/h5-7,18H,8H2,1-2H3,(H,15,17);2-4,19H,5H2,1H3,(H,16,18);1H;/q;;;+1/p-1/t13-;10-;;/m00../s1/i;12-1;1-1;.